The van der Waals surface area contributed by atoms with Crippen molar-refractivity contribution in [2.24, 2.45) is 0 Å². The molecule has 0 saturated carbocycles. The lowest BCUT2D eigenvalue weighted by Crippen LogP contribution is -2.50. The van der Waals surface area contributed by atoms with E-state index in [0.29, 0.717) is 6.61 Å². The monoisotopic (exact) mass is 353 g/mol. The first kappa shape index (κ1) is 18.3. The Morgan fingerprint density at radius 1 is 1.00 bits per heavy atom. The van der Waals surface area contributed by atoms with Crippen LogP contribution < -0.4 is 10.1 Å². The minimum Gasteiger partial charge on any atom is -0.489 e. The summed E-state index contributed by atoms with van der Waals surface area (Å²) in [4.78, 5) is 16.7. The van der Waals surface area contributed by atoms with E-state index >= 15 is 0 Å². The van der Waals surface area contributed by atoms with Gasteiger partial charge < -0.3 is 15.0 Å². The van der Waals surface area contributed by atoms with Crippen LogP contribution in [0.1, 0.15) is 18.9 Å². The summed E-state index contributed by atoms with van der Waals surface area (Å²) < 4.78 is 5.77. The summed E-state index contributed by atoms with van der Waals surface area (Å²) in [7, 11) is 0. The van der Waals surface area contributed by atoms with Crippen molar-refractivity contribution in [3.63, 3.8) is 0 Å². The number of carbonyl (C=O) groups is 1. The molecule has 1 aliphatic heterocycles. The first-order valence-electron chi connectivity index (χ1n) is 9.29. The van der Waals surface area contributed by atoms with Crippen LogP contribution in [-0.2, 0) is 6.61 Å². The van der Waals surface area contributed by atoms with Crippen molar-refractivity contribution in [2.75, 3.05) is 38.0 Å². The van der Waals surface area contributed by atoms with Crippen LogP contribution in [0.15, 0.2) is 54.6 Å². The highest BCUT2D eigenvalue weighted by atomic mass is 16.5. The molecule has 1 aliphatic rings. The summed E-state index contributed by atoms with van der Waals surface area (Å²) in [6.07, 6.45) is 1.16. The fourth-order valence-corrected chi connectivity index (χ4v) is 3.07. The molecule has 138 valence electrons. The second-order valence-corrected chi connectivity index (χ2v) is 6.56. The number of amides is 2. The molecular formula is C21H27N3O2. The van der Waals surface area contributed by atoms with E-state index in [1.807, 2.05) is 59.5 Å². The Bertz CT molecular complexity index is 680. The van der Waals surface area contributed by atoms with Crippen molar-refractivity contribution in [1.82, 2.24) is 9.80 Å². The molecule has 3 rings (SSSR count). The fourth-order valence-electron chi connectivity index (χ4n) is 3.07. The van der Waals surface area contributed by atoms with E-state index in [4.69, 9.17) is 4.74 Å². The molecule has 0 aliphatic carbocycles. The van der Waals surface area contributed by atoms with Crippen LogP contribution in [0.4, 0.5) is 10.5 Å². The Hall–Kier alpha value is -2.53. The van der Waals surface area contributed by atoms with E-state index in [0.717, 1.165) is 56.1 Å². The molecule has 1 fully saturated rings. The smallest absolute Gasteiger partial charge is 0.321 e. The molecule has 2 aromatic rings. The largest absolute Gasteiger partial charge is 0.489 e. The fraction of sp³-hybridized carbons (Fsp3) is 0.381. The van der Waals surface area contributed by atoms with Crippen LogP contribution in [-0.4, -0.2) is 48.6 Å². The van der Waals surface area contributed by atoms with Gasteiger partial charge in [0.25, 0.3) is 0 Å². The van der Waals surface area contributed by atoms with E-state index in [2.05, 4.69) is 17.1 Å². The molecule has 1 N–H and O–H groups in total. The van der Waals surface area contributed by atoms with Crippen molar-refractivity contribution in [3.05, 3.63) is 60.2 Å². The zero-order chi connectivity index (χ0) is 18.2. The zero-order valence-electron chi connectivity index (χ0n) is 15.4. The summed E-state index contributed by atoms with van der Waals surface area (Å²) in [5.41, 5.74) is 1.92. The number of ether oxygens (including phenoxy) is 1. The van der Waals surface area contributed by atoms with E-state index in [1.165, 1.54) is 0 Å². The third-order valence-electron chi connectivity index (χ3n) is 4.55. The molecule has 1 saturated heterocycles. The van der Waals surface area contributed by atoms with Gasteiger partial charge in [0.2, 0.25) is 0 Å². The van der Waals surface area contributed by atoms with Crippen LogP contribution in [0.2, 0.25) is 0 Å². The predicted molar refractivity (Wildman–Crippen MR) is 105 cm³/mol. The molecule has 0 unspecified atom stereocenters. The molecule has 0 spiro atoms. The van der Waals surface area contributed by atoms with E-state index in [-0.39, 0.29) is 6.03 Å². The highest BCUT2D eigenvalue weighted by molar-refractivity contribution is 5.89. The third-order valence-corrected chi connectivity index (χ3v) is 4.55. The molecule has 5 heteroatoms. The Morgan fingerprint density at radius 2 is 1.69 bits per heavy atom. The van der Waals surface area contributed by atoms with Crippen molar-refractivity contribution in [1.29, 1.82) is 0 Å². The molecule has 5 nitrogen and oxygen atoms in total. The number of piperazine rings is 1. The van der Waals surface area contributed by atoms with Crippen molar-refractivity contribution < 1.29 is 9.53 Å². The van der Waals surface area contributed by atoms with Gasteiger partial charge >= 0.3 is 6.03 Å². The SMILES string of the molecule is CCCN1CCN(C(=O)Nc2ccc(OCc3ccccc3)cc2)CC1. The maximum atomic E-state index is 12.4. The average Bonchev–Trinajstić information content (AvgIpc) is 2.69. The number of urea groups is 1. The van der Waals surface area contributed by atoms with Crippen LogP contribution in [0, 0.1) is 0 Å². The topological polar surface area (TPSA) is 44.8 Å². The molecular weight excluding hydrogens is 326 g/mol. The Balaban J connectivity index is 1.46. The van der Waals surface area contributed by atoms with Crippen LogP contribution >= 0.6 is 0 Å². The molecule has 0 radical (unpaired) electrons. The lowest BCUT2D eigenvalue weighted by atomic mass is 10.2. The highest BCUT2D eigenvalue weighted by Crippen LogP contribution is 2.18. The molecule has 26 heavy (non-hydrogen) atoms. The Labute approximate surface area is 155 Å². The number of rotatable bonds is 6. The van der Waals surface area contributed by atoms with Gasteiger partial charge in [0.15, 0.2) is 0 Å². The van der Waals surface area contributed by atoms with E-state index in [9.17, 15) is 4.79 Å². The molecule has 2 aromatic carbocycles. The quantitative estimate of drug-likeness (QED) is 0.858. The molecule has 0 aromatic heterocycles. The van der Waals surface area contributed by atoms with Gasteiger partial charge in [-0.05, 0) is 42.8 Å². The van der Waals surface area contributed by atoms with Crippen molar-refractivity contribution >= 4 is 11.7 Å². The second-order valence-electron chi connectivity index (χ2n) is 6.56. The first-order valence-corrected chi connectivity index (χ1v) is 9.29. The Kier molecular flexibility index (Phi) is 6.50. The van der Waals surface area contributed by atoms with Gasteiger partial charge in [0.1, 0.15) is 12.4 Å². The maximum Gasteiger partial charge on any atom is 0.321 e. The van der Waals surface area contributed by atoms with Gasteiger partial charge in [-0.2, -0.15) is 0 Å². The molecule has 2 amide bonds. The number of hydrogen-bond acceptors (Lipinski definition) is 3. The number of anilines is 1. The number of nitrogens with zero attached hydrogens (tertiary/aromatic N) is 2. The lowest BCUT2D eigenvalue weighted by Gasteiger charge is -2.34. The summed E-state index contributed by atoms with van der Waals surface area (Å²) in [5.74, 6) is 0.792. The molecule has 1 heterocycles. The Morgan fingerprint density at radius 3 is 2.35 bits per heavy atom. The van der Waals surface area contributed by atoms with Gasteiger partial charge in [-0.1, -0.05) is 37.3 Å². The molecule has 0 atom stereocenters. The number of nitrogens with one attached hydrogen (secondary N) is 1. The van der Waals surface area contributed by atoms with Crippen LogP contribution in [0.25, 0.3) is 0 Å². The summed E-state index contributed by atoms with van der Waals surface area (Å²) >= 11 is 0. The zero-order valence-corrected chi connectivity index (χ0v) is 15.4. The van der Waals surface area contributed by atoms with Crippen LogP contribution in [0.3, 0.4) is 0 Å². The standard InChI is InChI=1S/C21H27N3O2/c1-2-12-23-13-15-24(16-14-23)21(25)22-19-8-10-20(11-9-19)26-17-18-6-4-3-5-7-18/h3-11H,2,12-17H2,1H3,(H,22,25). The van der Waals surface area contributed by atoms with Gasteiger partial charge in [-0.25, -0.2) is 4.79 Å². The van der Waals surface area contributed by atoms with Gasteiger partial charge in [-0.15, -0.1) is 0 Å². The number of benzene rings is 2. The van der Waals surface area contributed by atoms with Gasteiger partial charge in [0.05, 0.1) is 0 Å². The average molecular weight is 353 g/mol. The van der Waals surface area contributed by atoms with E-state index in [1.54, 1.807) is 0 Å². The van der Waals surface area contributed by atoms with Crippen LogP contribution in [0.5, 0.6) is 5.75 Å². The maximum absolute atomic E-state index is 12.4. The summed E-state index contributed by atoms with van der Waals surface area (Å²) in [5, 5.41) is 2.97. The molecule has 0 bridgehead atoms. The first-order chi connectivity index (χ1) is 12.7. The highest BCUT2D eigenvalue weighted by Gasteiger charge is 2.20. The van der Waals surface area contributed by atoms with Gasteiger partial charge in [0, 0.05) is 31.9 Å². The number of hydrogen-bond donors (Lipinski definition) is 1. The van der Waals surface area contributed by atoms with E-state index < -0.39 is 0 Å². The summed E-state index contributed by atoms with van der Waals surface area (Å²) in [6, 6.07) is 17.6. The van der Waals surface area contributed by atoms with Crippen molar-refractivity contribution in [3.8, 4) is 5.75 Å². The predicted octanol–water partition coefficient (Wildman–Crippen LogP) is 3.83. The third kappa shape index (κ3) is 5.23. The second kappa shape index (κ2) is 9.25. The summed E-state index contributed by atoms with van der Waals surface area (Å²) in [6.45, 7) is 7.30. The number of carbonyl (C=O) groups excluding carboxylic acids is 1. The lowest BCUT2D eigenvalue weighted by molar-refractivity contribution is 0.147. The minimum absolute atomic E-state index is 0.0286. The minimum atomic E-state index is -0.0286. The van der Waals surface area contributed by atoms with Crippen molar-refractivity contribution in [2.45, 2.75) is 20.0 Å². The van der Waals surface area contributed by atoms with Gasteiger partial charge in [-0.3, -0.25) is 4.90 Å². The normalized spacial score (nSPS) is 14.9.